The fraction of sp³-hybridized carbons (Fsp3) is 0.588. The van der Waals surface area contributed by atoms with E-state index in [1.807, 2.05) is 6.07 Å². The Morgan fingerprint density at radius 1 is 1.48 bits per heavy atom. The number of carbonyl (C=O) groups excluding carboxylic acids is 1. The number of rotatable bonds is 1. The summed E-state index contributed by atoms with van der Waals surface area (Å²) >= 11 is 0. The Balaban J connectivity index is 2.01. The van der Waals surface area contributed by atoms with Crippen LogP contribution in [0.2, 0.25) is 0 Å². The van der Waals surface area contributed by atoms with Gasteiger partial charge in [-0.05, 0) is 50.9 Å². The first kappa shape index (κ1) is 13.1. The summed E-state index contributed by atoms with van der Waals surface area (Å²) in [4.78, 5) is 14.6. The summed E-state index contributed by atoms with van der Waals surface area (Å²) in [6.07, 6.45) is 1.43. The maximum atomic E-state index is 12.2. The summed E-state index contributed by atoms with van der Waals surface area (Å²) in [5, 5.41) is 10.2. The number of Topliss-reactive ketones (excluding diaryl/α,β-unsaturated/α-hetero) is 1. The predicted octanol–water partition coefficient (Wildman–Crippen LogP) is 1.88. The van der Waals surface area contributed by atoms with Crippen LogP contribution in [-0.4, -0.2) is 41.5 Å². The molecule has 21 heavy (non-hydrogen) atoms. The fourth-order valence-electron chi connectivity index (χ4n) is 4.97. The van der Waals surface area contributed by atoms with Crippen LogP contribution in [0.3, 0.4) is 0 Å². The number of hydrogen-bond acceptors (Lipinski definition) is 4. The summed E-state index contributed by atoms with van der Waals surface area (Å²) in [5.41, 5.74) is 2.09. The highest BCUT2D eigenvalue weighted by atomic mass is 16.5. The second-order valence-electron chi connectivity index (χ2n) is 6.89. The molecule has 4 rings (SSSR count). The number of fused-ring (bicyclic) bond motifs is 1. The summed E-state index contributed by atoms with van der Waals surface area (Å²) < 4.78 is 5.99. The van der Waals surface area contributed by atoms with E-state index in [0.29, 0.717) is 17.7 Å². The first-order chi connectivity index (χ1) is 9.96. The predicted molar refractivity (Wildman–Crippen MR) is 78.8 cm³/mol. The quantitative estimate of drug-likeness (QED) is 0.857. The van der Waals surface area contributed by atoms with E-state index in [1.165, 1.54) is 5.56 Å². The highest BCUT2D eigenvalue weighted by Crippen LogP contribution is 2.60. The van der Waals surface area contributed by atoms with Gasteiger partial charge < -0.3 is 14.7 Å². The van der Waals surface area contributed by atoms with Gasteiger partial charge >= 0.3 is 0 Å². The van der Waals surface area contributed by atoms with Gasteiger partial charge in [-0.15, -0.1) is 0 Å². The number of carbonyl (C=O) groups is 1. The molecule has 1 aliphatic carbocycles. The lowest BCUT2D eigenvalue weighted by atomic mass is 9.56. The van der Waals surface area contributed by atoms with Crippen molar-refractivity contribution < 1.29 is 14.6 Å². The molecule has 4 heteroatoms. The third kappa shape index (κ3) is 1.41. The Labute approximate surface area is 124 Å². The zero-order chi connectivity index (χ0) is 14.9. The van der Waals surface area contributed by atoms with Gasteiger partial charge in [0.1, 0.15) is 0 Å². The number of nitrogens with zero attached hydrogens (tertiary/aromatic N) is 1. The van der Waals surface area contributed by atoms with Crippen molar-refractivity contribution in [3.05, 3.63) is 23.3 Å². The lowest BCUT2D eigenvalue weighted by Gasteiger charge is -2.53. The highest BCUT2D eigenvalue weighted by molar-refractivity contribution is 5.85. The van der Waals surface area contributed by atoms with Crippen molar-refractivity contribution in [2.45, 2.75) is 44.2 Å². The van der Waals surface area contributed by atoms with Crippen LogP contribution in [0.25, 0.3) is 0 Å². The van der Waals surface area contributed by atoms with Crippen molar-refractivity contribution in [1.82, 2.24) is 4.90 Å². The number of phenols is 1. The van der Waals surface area contributed by atoms with Crippen molar-refractivity contribution in [2.24, 2.45) is 5.92 Å². The van der Waals surface area contributed by atoms with Crippen molar-refractivity contribution >= 4 is 5.78 Å². The van der Waals surface area contributed by atoms with Crippen LogP contribution in [0.4, 0.5) is 0 Å². The van der Waals surface area contributed by atoms with Crippen LogP contribution in [-0.2, 0) is 16.6 Å². The number of phenolic OH excluding ortho intramolecular Hbond substituents is 1. The molecule has 4 atom stereocenters. The Hall–Kier alpha value is -1.55. The van der Waals surface area contributed by atoms with E-state index in [4.69, 9.17) is 4.74 Å². The molecule has 0 saturated carbocycles. The van der Waals surface area contributed by atoms with E-state index in [-0.39, 0.29) is 16.9 Å². The van der Waals surface area contributed by atoms with Gasteiger partial charge in [-0.3, -0.25) is 4.79 Å². The highest BCUT2D eigenvalue weighted by Gasteiger charge is 2.61. The molecule has 1 aromatic rings. The van der Waals surface area contributed by atoms with Crippen LogP contribution in [0.15, 0.2) is 12.1 Å². The summed E-state index contributed by atoms with van der Waals surface area (Å²) in [7, 11) is 2.17. The zero-order valence-corrected chi connectivity index (χ0v) is 12.7. The molecule has 2 heterocycles. The lowest BCUT2D eigenvalue weighted by Crippen LogP contribution is -2.62. The summed E-state index contributed by atoms with van der Waals surface area (Å²) in [6.45, 7) is 4.81. The molecular formula is C17H21NO3. The summed E-state index contributed by atoms with van der Waals surface area (Å²) in [6, 6.07) is 4.15. The molecular weight excluding hydrogens is 266 g/mol. The minimum Gasteiger partial charge on any atom is -0.504 e. The fourth-order valence-corrected chi connectivity index (χ4v) is 4.97. The first-order valence-corrected chi connectivity index (χ1v) is 7.69. The Kier molecular flexibility index (Phi) is 2.51. The lowest BCUT2D eigenvalue weighted by molar-refractivity contribution is -0.129. The molecule has 3 unspecified atom stereocenters. The van der Waals surface area contributed by atoms with E-state index in [0.717, 1.165) is 24.9 Å². The molecule has 4 nitrogen and oxygen atoms in total. The van der Waals surface area contributed by atoms with Crippen LogP contribution in [0.1, 0.15) is 31.4 Å². The standard InChI is InChI=1S/C17H21NO3/c1-9-12-8-11-4-5-13(20)15-14(11)17(9,6-7-18(12)3)16(21-15)10(2)19/h4-5,9,12,16,20H,6-8H2,1-3H3/t9?,12?,16?,17-/m0/s1. The molecule has 1 spiro atoms. The maximum absolute atomic E-state index is 12.2. The molecule has 1 aromatic carbocycles. The van der Waals surface area contributed by atoms with Gasteiger partial charge in [0.05, 0.1) is 0 Å². The van der Waals surface area contributed by atoms with E-state index in [1.54, 1.807) is 13.0 Å². The van der Waals surface area contributed by atoms with E-state index >= 15 is 0 Å². The number of piperidine rings is 1. The molecule has 0 aromatic heterocycles. The van der Waals surface area contributed by atoms with E-state index < -0.39 is 6.10 Å². The van der Waals surface area contributed by atoms with Crippen molar-refractivity contribution in [2.75, 3.05) is 13.6 Å². The normalized spacial score (nSPS) is 37.0. The average Bonchev–Trinajstić information content (AvgIpc) is 2.79. The summed E-state index contributed by atoms with van der Waals surface area (Å²) in [5.74, 6) is 1.14. The molecule has 0 amide bonds. The average molecular weight is 287 g/mol. The van der Waals surface area contributed by atoms with Crippen LogP contribution in [0.5, 0.6) is 11.5 Å². The van der Waals surface area contributed by atoms with Crippen LogP contribution >= 0.6 is 0 Å². The number of ether oxygens (including phenoxy) is 1. The molecule has 2 bridgehead atoms. The number of likely N-dealkylation sites (N-methyl/N-ethyl adjacent to an activating group) is 1. The first-order valence-electron chi connectivity index (χ1n) is 7.69. The monoisotopic (exact) mass is 287 g/mol. The topological polar surface area (TPSA) is 49.8 Å². The Morgan fingerprint density at radius 3 is 2.95 bits per heavy atom. The van der Waals surface area contributed by atoms with Crippen molar-refractivity contribution in [1.29, 1.82) is 0 Å². The minimum atomic E-state index is -0.453. The second kappa shape index (κ2) is 4.01. The third-order valence-corrected chi connectivity index (χ3v) is 6.02. The number of likely N-dealkylation sites (tertiary alicyclic amines) is 1. The van der Waals surface area contributed by atoms with Crippen LogP contribution in [0, 0.1) is 5.92 Å². The van der Waals surface area contributed by atoms with Gasteiger partial charge in [-0.1, -0.05) is 13.0 Å². The molecule has 3 aliphatic rings. The maximum Gasteiger partial charge on any atom is 0.171 e. The molecule has 2 aliphatic heterocycles. The number of benzene rings is 1. The third-order valence-electron chi connectivity index (χ3n) is 6.02. The van der Waals surface area contributed by atoms with Gasteiger partial charge in [0.15, 0.2) is 23.4 Å². The zero-order valence-electron chi connectivity index (χ0n) is 12.7. The van der Waals surface area contributed by atoms with E-state index in [2.05, 4.69) is 18.9 Å². The minimum absolute atomic E-state index is 0.0635. The molecule has 1 saturated heterocycles. The Morgan fingerprint density at radius 2 is 2.24 bits per heavy atom. The molecule has 1 N–H and O–H groups in total. The number of ketones is 1. The van der Waals surface area contributed by atoms with Gasteiger partial charge in [0, 0.05) is 17.0 Å². The largest absolute Gasteiger partial charge is 0.504 e. The number of aromatic hydroxyl groups is 1. The smallest absolute Gasteiger partial charge is 0.171 e. The van der Waals surface area contributed by atoms with Gasteiger partial charge in [-0.2, -0.15) is 0 Å². The van der Waals surface area contributed by atoms with E-state index in [9.17, 15) is 9.90 Å². The SMILES string of the molecule is CC(=O)C1Oc2c(O)ccc3c2[C@@]12CCN(C)C(C3)C2C. The number of hydrogen-bond donors (Lipinski definition) is 1. The van der Waals surface area contributed by atoms with Gasteiger partial charge in [0.25, 0.3) is 0 Å². The van der Waals surface area contributed by atoms with Crippen molar-refractivity contribution in [3.63, 3.8) is 0 Å². The van der Waals surface area contributed by atoms with Crippen LogP contribution < -0.4 is 4.74 Å². The van der Waals surface area contributed by atoms with Gasteiger partial charge in [-0.25, -0.2) is 0 Å². The van der Waals surface area contributed by atoms with Crippen molar-refractivity contribution in [3.8, 4) is 11.5 Å². The molecule has 1 fully saturated rings. The second-order valence-corrected chi connectivity index (χ2v) is 6.89. The Bertz CT molecular complexity index is 641. The molecule has 0 radical (unpaired) electrons. The van der Waals surface area contributed by atoms with Gasteiger partial charge in [0.2, 0.25) is 0 Å². The molecule has 112 valence electrons.